The predicted octanol–water partition coefficient (Wildman–Crippen LogP) is 10.5. The summed E-state index contributed by atoms with van der Waals surface area (Å²) in [6.45, 7) is 9.55. The van der Waals surface area contributed by atoms with Gasteiger partial charge in [0.25, 0.3) is 0 Å². The fourth-order valence-electron chi connectivity index (χ4n) is 8.26. The lowest BCUT2D eigenvalue weighted by molar-refractivity contribution is -0.140. The zero-order valence-corrected chi connectivity index (χ0v) is 33.4. The molecule has 0 saturated heterocycles. The van der Waals surface area contributed by atoms with Gasteiger partial charge < -0.3 is 28.4 Å². The highest BCUT2D eigenvalue weighted by atomic mass is 16.6. The molecule has 6 aromatic carbocycles. The van der Waals surface area contributed by atoms with E-state index in [2.05, 4.69) is 81.1 Å². The van der Waals surface area contributed by atoms with Crippen molar-refractivity contribution in [1.29, 1.82) is 0 Å². The van der Waals surface area contributed by atoms with E-state index < -0.39 is 23.0 Å². The molecule has 6 aromatic rings. The van der Waals surface area contributed by atoms with Gasteiger partial charge in [0.1, 0.15) is 24.7 Å². The van der Waals surface area contributed by atoms with Gasteiger partial charge in [-0.15, -0.1) is 0 Å². The zero-order chi connectivity index (χ0) is 40.8. The maximum atomic E-state index is 12.8. The van der Waals surface area contributed by atoms with Crippen molar-refractivity contribution in [3.8, 4) is 45.3 Å². The normalized spacial score (nSPS) is 15.7. The SMILES string of the molecule is C=C(C)C(=O)OCCOC(=O)c1ccc(-c2ccc3c(c2)C(C)(C)c2c4c(c5cc(OC)c(OC)cc5c2-3)OC(c2ccccc2)(c2ccc(OC)cc2)C=C4)cc1. The van der Waals surface area contributed by atoms with E-state index in [9.17, 15) is 9.59 Å². The number of esters is 2. The summed E-state index contributed by atoms with van der Waals surface area (Å²) in [5.41, 5.74) is 8.82. The van der Waals surface area contributed by atoms with Gasteiger partial charge in [0, 0.05) is 33.1 Å². The number of carbonyl (C=O) groups excluding carboxylic acids is 2. The average molecular weight is 773 g/mol. The molecule has 8 nitrogen and oxygen atoms in total. The molecule has 8 heteroatoms. The molecule has 0 fully saturated rings. The Morgan fingerprint density at radius 3 is 2.00 bits per heavy atom. The van der Waals surface area contributed by atoms with E-state index in [1.54, 1.807) is 40.4 Å². The third kappa shape index (κ3) is 6.35. The average Bonchev–Trinajstić information content (AvgIpc) is 3.50. The summed E-state index contributed by atoms with van der Waals surface area (Å²) in [7, 11) is 4.97. The minimum absolute atomic E-state index is 0.0415. The van der Waals surface area contributed by atoms with Crippen molar-refractivity contribution < 1.29 is 38.0 Å². The van der Waals surface area contributed by atoms with Crippen LogP contribution >= 0.6 is 0 Å². The first-order chi connectivity index (χ1) is 28.0. The van der Waals surface area contributed by atoms with Crippen molar-refractivity contribution in [3.05, 3.63) is 161 Å². The Morgan fingerprint density at radius 1 is 0.707 bits per heavy atom. The first-order valence-electron chi connectivity index (χ1n) is 19.1. The summed E-state index contributed by atoms with van der Waals surface area (Å²) >= 11 is 0. The van der Waals surface area contributed by atoms with E-state index in [1.807, 2.05) is 48.5 Å². The van der Waals surface area contributed by atoms with E-state index in [-0.39, 0.29) is 18.8 Å². The maximum absolute atomic E-state index is 12.8. The topological polar surface area (TPSA) is 89.5 Å². The summed E-state index contributed by atoms with van der Waals surface area (Å²) in [5, 5.41) is 1.91. The van der Waals surface area contributed by atoms with Crippen LogP contribution in [0.1, 0.15) is 58.9 Å². The van der Waals surface area contributed by atoms with Gasteiger partial charge in [-0.1, -0.05) is 93.2 Å². The van der Waals surface area contributed by atoms with Crippen LogP contribution in [0.3, 0.4) is 0 Å². The first kappa shape index (κ1) is 38.1. The Hall–Kier alpha value is -6.80. The largest absolute Gasteiger partial charge is 0.497 e. The second-order valence-corrected chi connectivity index (χ2v) is 15.0. The highest BCUT2D eigenvalue weighted by molar-refractivity contribution is 6.10. The zero-order valence-electron chi connectivity index (χ0n) is 33.4. The van der Waals surface area contributed by atoms with Crippen molar-refractivity contribution in [1.82, 2.24) is 0 Å². The van der Waals surface area contributed by atoms with E-state index in [0.29, 0.717) is 17.1 Å². The summed E-state index contributed by atoms with van der Waals surface area (Å²) in [5.74, 6) is 1.74. The lowest BCUT2D eigenvalue weighted by Crippen LogP contribution is -2.35. The second kappa shape index (κ2) is 14.9. The molecule has 0 amide bonds. The second-order valence-electron chi connectivity index (χ2n) is 15.0. The van der Waals surface area contributed by atoms with Gasteiger partial charge in [0.2, 0.25) is 0 Å². The number of methoxy groups -OCH3 is 3. The molecule has 0 spiro atoms. The van der Waals surface area contributed by atoms with Crippen molar-refractivity contribution in [2.24, 2.45) is 0 Å². The van der Waals surface area contributed by atoms with Crippen molar-refractivity contribution >= 4 is 28.8 Å². The molecule has 0 saturated carbocycles. The quantitative estimate of drug-likeness (QED) is 0.0731. The van der Waals surface area contributed by atoms with Gasteiger partial charge in [-0.2, -0.15) is 0 Å². The van der Waals surface area contributed by atoms with Crippen LogP contribution in [0.15, 0.2) is 127 Å². The van der Waals surface area contributed by atoms with Crippen LogP contribution in [0, 0.1) is 0 Å². The van der Waals surface area contributed by atoms with Crippen LogP contribution in [0.5, 0.6) is 23.0 Å². The third-order valence-electron chi connectivity index (χ3n) is 11.2. The molecule has 1 heterocycles. The van der Waals surface area contributed by atoms with Gasteiger partial charge >= 0.3 is 11.9 Å². The Balaban J connectivity index is 1.22. The van der Waals surface area contributed by atoms with Crippen LogP contribution in [0.25, 0.3) is 39.1 Å². The molecular formula is C50H44O8. The number of fused-ring (bicyclic) bond motifs is 8. The molecule has 0 N–H and O–H groups in total. The molecular weight excluding hydrogens is 729 g/mol. The van der Waals surface area contributed by atoms with Gasteiger partial charge in [-0.25, -0.2) is 9.59 Å². The number of hydrogen-bond acceptors (Lipinski definition) is 8. The number of benzene rings is 6. The molecule has 1 unspecified atom stereocenters. The third-order valence-corrected chi connectivity index (χ3v) is 11.2. The molecule has 0 radical (unpaired) electrons. The van der Waals surface area contributed by atoms with Gasteiger partial charge in [-0.3, -0.25) is 0 Å². The highest BCUT2D eigenvalue weighted by Crippen LogP contribution is 2.59. The van der Waals surface area contributed by atoms with Crippen molar-refractivity contribution in [3.63, 3.8) is 0 Å². The fraction of sp³-hybridized carbons (Fsp3) is 0.200. The van der Waals surface area contributed by atoms with Crippen molar-refractivity contribution in [2.45, 2.75) is 31.8 Å². The molecule has 58 heavy (non-hydrogen) atoms. The van der Waals surface area contributed by atoms with E-state index in [0.717, 1.165) is 66.8 Å². The smallest absolute Gasteiger partial charge is 0.338 e. The van der Waals surface area contributed by atoms with E-state index in [1.165, 1.54) is 5.56 Å². The minimum Gasteiger partial charge on any atom is -0.497 e. The van der Waals surface area contributed by atoms with Gasteiger partial charge in [-0.05, 0) is 94.2 Å². The van der Waals surface area contributed by atoms with Crippen LogP contribution < -0.4 is 18.9 Å². The predicted molar refractivity (Wildman–Crippen MR) is 226 cm³/mol. The monoisotopic (exact) mass is 772 g/mol. The van der Waals surface area contributed by atoms with Crippen LogP contribution in [-0.4, -0.2) is 46.5 Å². The Kier molecular flexibility index (Phi) is 9.81. The van der Waals surface area contributed by atoms with Crippen LogP contribution in [-0.2, 0) is 25.3 Å². The molecule has 0 bridgehead atoms. The molecule has 2 aliphatic rings. The van der Waals surface area contributed by atoms with Gasteiger partial charge in [0.05, 0.1) is 26.9 Å². The Bertz CT molecular complexity index is 2620. The summed E-state index contributed by atoms with van der Waals surface area (Å²) in [4.78, 5) is 24.4. The number of ether oxygens (including phenoxy) is 6. The minimum atomic E-state index is -0.937. The molecule has 1 aliphatic carbocycles. The molecule has 0 aromatic heterocycles. The van der Waals surface area contributed by atoms with Crippen molar-refractivity contribution in [2.75, 3.05) is 34.5 Å². The maximum Gasteiger partial charge on any atom is 0.338 e. The Morgan fingerprint density at radius 2 is 1.34 bits per heavy atom. The first-order valence-corrected chi connectivity index (χ1v) is 19.1. The molecule has 1 atom stereocenters. The van der Waals surface area contributed by atoms with Gasteiger partial charge in [0.15, 0.2) is 17.1 Å². The van der Waals surface area contributed by atoms with Crippen LogP contribution in [0.4, 0.5) is 0 Å². The van der Waals surface area contributed by atoms with E-state index in [4.69, 9.17) is 28.4 Å². The summed E-state index contributed by atoms with van der Waals surface area (Å²) in [6, 6.07) is 36.3. The number of rotatable bonds is 11. The summed E-state index contributed by atoms with van der Waals surface area (Å²) in [6.07, 6.45) is 4.40. The molecule has 292 valence electrons. The van der Waals surface area contributed by atoms with Crippen LogP contribution in [0.2, 0.25) is 0 Å². The lowest BCUT2D eigenvalue weighted by atomic mass is 9.76. The van der Waals surface area contributed by atoms with E-state index >= 15 is 0 Å². The number of hydrogen-bond donors (Lipinski definition) is 0. The highest BCUT2D eigenvalue weighted by Gasteiger charge is 2.44. The fourth-order valence-corrected chi connectivity index (χ4v) is 8.26. The Labute approximate surface area is 338 Å². The lowest BCUT2D eigenvalue weighted by Gasteiger charge is -2.38. The standard InChI is InChI=1S/C50H44O8/c1-30(2)47(51)56-25-26-57-48(52)32-15-13-31(14-16-32)33-17-22-37-41(27-33)49(3,4)45-38-23-24-50(34-11-9-8-10-12-34,35-18-20-36(53-5)21-19-35)58-46(38)40-29-43(55-7)42(54-6)28-39(40)44(37)45/h8-24,27-29H,1,25-26H2,2-7H3. The molecule has 8 rings (SSSR count). The number of carbonyl (C=O) groups is 2. The summed E-state index contributed by atoms with van der Waals surface area (Å²) < 4.78 is 35.1. The molecule has 1 aliphatic heterocycles.